The van der Waals surface area contributed by atoms with Gasteiger partial charge >= 0.3 is 5.97 Å². The number of hydrogen-bond acceptors (Lipinski definition) is 5. The van der Waals surface area contributed by atoms with Crippen LogP contribution in [0.5, 0.6) is 0 Å². The maximum absolute atomic E-state index is 11.0. The van der Waals surface area contributed by atoms with Crippen LogP contribution < -0.4 is 0 Å². The summed E-state index contributed by atoms with van der Waals surface area (Å²) in [5.74, 6) is -0.532. The van der Waals surface area contributed by atoms with Gasteiger partial charge in [-0.2, -0.15) is 0 Å². The largest absolute Gasteiger partial charge is 0.477 e. The van der Waals surface area contributed by atoms with E-state index in [9.17, 15) is 4.79 Å². The van der Waals surface area contributed by atoms with E-state index in [1.54, 1.807) is 18.3 Å². The van der Waals surface area contributed by atoms with Gasteiger partial charge in [-0.15, -0.1) is 0 Å². The normalized spacial score (nSPS) is 10.3. The van der Waals surface area contributed by atoms with Gasteiger partial charge in [0.1, 0.15) is 0 Å². The second-order valence-corrected chi connectivity index (χ2v) is 4.53. The molecule has 0 fully saturated rings. The summed E-state index contributed by atoms with van der Waals surface area (Å²) in [5, 5.41) is 9.64. The van der Waals surface area contributed by atoms with Crippen LogP contribution >= 0.6 is 11.8 Å². The summed E-state index contributed by atoms with van der Waals surface area (Å²) in [6.07, 6.45) is 3.16. The first-order valence-corrected chi connectivity index (χ1v) is 6.25. The van der Waals surface area contributed by atoms with Gasteiger partial charge in [-0.25, -0.2) is 19.7 Å². The Kier molecular flexibility index (Phi) is 3.88. The fraction of sp³-hybridized carbons (Fsp3) is 0.167. The Balaban J connectivity index is 2.13. The van der Waals surface area contributed by atoms with Crippen molar-refractivity contribution in [3.05, 3.63) is 47.5 Å². The molecule has 0 bridgehead atoms. The Morgan fingerprint density at radius 2 is 2.17 bits per heavy atom. The standard InChI is InChI=1S/C12H11N3O2S/c1-8-4-6-14-12(15-8)18-7-9-3-2-5-13-10(9)11(16)17/h2-6H,7H2,1H3,(H,16,17). The highest BCUT2D eigenvalue weighted by atomic mass is 32.2. The van der Waals surface area contributed by atoms with Crippen molar-refractivity contribution in [2.45, 2.75) is 17.8 Å². The van der Waals surface area contributed by atoms with Gasteiger partial charge < -0.3 is 5.11 Å². The lowest BCUT2D eigenvalue weighted by molar-refractivity contribution is 0.0689. The molecule has 0 aliphatic carbocycles. The number of pyridine rings is 1. The Hall–Kier alpha value is -1.95. The molecule has 0 saturated carbocycles. The SMILES string of the molecule is Cc1ccnc(SCc2cccnc2C(=O)O)n1. The minimum Gasteiger partial charge on any atom is -0.477 e. The van der Waals surface area contributed by atoms with Crippen LogP contribution in [0.4, 0.5) is 0 Å². The second-order valence-electron chi connectivity index (χ2n) is 3.59. The number of thioether (sulfide) groups is 1. The Morgan fingerprint density at radius 1 is 1.33 bits per heavy atom. The van der Waals surface area contributed by atoms with Crippen molar-refractivity contribution in [1.82, 2.24) is 15.0 Å². The fourth-order valence-corrected chi connectivity index (χ4v) is 2.25. The molecule has 2 aromatic rings. The average molecular weight is 261 g/mol. The quantitative estimate of drug-likeness (QED) is 0.671. The lowest BCUT2D eigenvalue weighted by atomic mass is 10.2. The molecule has 0 unspecified atom stereocenters. The first-order chi connectivity index (χ1) is 8.66. The van der Waals surface area contributed by atoms with Crippen molar-refractivity contribution in [3.63, 3.8) is 0 Å². The second kappa shape index (κ2) is 5.59. The third-order valence-electron chi connectivity index (χ3n) is 2.22. The van der Waals surface area contributed by atoms with Gasteiger partial charge in [0.15, 0.2) is 10.9 Å². The third-order valence-corrected chi connectivity index (χ3v) is 3.13. The van der Waals surface area contributed by atoms with Crippen LogP contribution in [-0.4, -0.2) is 26.0 Å². The number of hydrogen-bond donors (Lipinski definition) is 1. The van der Waals surface area contributed by atoms with Gasteiger partial charge in [0.25, 0.3) is 0 Å². The molecule has 0 aliphatic heterocycles. The van der Waals surface area contributed by atoms with Crippen LogP contribution in [0.25, 0.3) is 0 Å². The molecule has 92 valence electrons. The molecule has 2 aromatic heterocycles. The number of rotatable bonds is 4. The fourth-order valence-electron chi connectivity index (χ4n) is 1.39. The van der Waals surface area contributed by atoms with Crippen molar-refractivity contribution < 1.29 is 9.90 Å². The molecule has 0 atom stereocenters. The number of carboxylic acids is 1. The van der Waals surface area contributed by atoms with E-state index in [4.69, 9.17) is 5.11 Å². The molecule has 0 saturated heterocycles. The smallest absolute Gasteiger partial charge is 0.354 e. The van der Waals surface area contributed by atoms with Crippen molar-refractivity contribution in [1.29, 1.82) is 0 Å². The van der Waals surface area contributed by atoms with E-state index >= 15 is 0 Å². The molecular formula is C12H11N3O2S. The van der Waals surface area contributed by atoms with E-state index < -0.39 is 5.97 Å². The van der Waals surface area contributed by atoms with Gasteiger partial charge in [-0.05, 0) is 24.6 Å². The molecule has 5 nitrogen and oxygen atoms in total. The molecular weight excluding hydrogens is 250 g/mol. The van der Waals surface area contributed by atoms with Crippen molar-refractivity contribution >= 4 is 17.7 Å². The van der Waals surface area contributed by atoms with Crippen LogP contribution in [0, 0.1) is 6.92 Å². The Bertz CT molecular complexity index is 575. The summed E-state index contributed by atoms with van der Waals surface area (Å²) < 4.78 is 0. The summed E-state index contributed by atoms with van der Waals surface area (Å²) in [5.41, 5.74) is 1.63. The van der Waals surface area contributed by atoms with E-state index in [2.05, 4.69) is 15.0 Å². The van der Waals surface area contributed by atoms with Crippen LogP contribution in [-0.2, 0) is 5.75 Å². The number of aromatic nitrogens is 3. The maximum Gasteiger partial charge on any atom is 0.354 e. The highest BCUT2D eigenvalue weighted by Gasteiger charge is 2.11. The molecule has 0 amide bonds. The van der Waals surface area contributed by atoms with Crippen molar-refractivity contribution in [2.24, 2.45) is 0 Å². The summed E-state index contributed by atoms with van der Waals surface area (Å²) >= 11 is 1.39. The van der Waals surface area contributed by atoms with E-state index in [0.717, 1.165) is 5.69 Å². The predicted molar refractivity (Wildman–Crippen MR) is 67.5 cm³/mol. The summed E-state index contributed by atoms with van der Waals surface area (Å²) in [6, 6.07) is 5.29. The van der Waals surface area contributed by atoms with Gasteiger partial charge in [-0.3, -0.25) is 0 Å². The Labute approximate surface area is 108 Å². The van der Waals surface area contributed by atoms with E-state index in [0.29, 0.717) is 16.5 Å². The van der Waals surface area contributed by atoms with Gasteiger partial charge in [0, 0.05) is 23.8 Å². The molecule has 6 heteroatoms. The molecule has 0 spiro atoms. The molecule has 0 aliphatic rings. The van der Waals surface area contributed by atoms with E-state index in [1.807, 2.05) is 13.0 Å². The first-order valence-electron chi connectivity index (χ1n) is 5.26. The number of carbonyl (C=O) groups is 1. The number of aryl methyl sites for hydroxylation is 1. The molecule has 0 aromatic carbocycles. The highest BCUT2D eigenvalue weighted by molar-refractivity contribution is 7.98. The lowest BCUT2D eigenvalue weighted by Gasteiger charge is -2.04. The van der Waals surface area contributed by atoms with Gasteiger partial charge in [-0.1, -0.05) is 17.8 Å². The maximum atomic E-state index is 11.0. The zero-order chi connectivity index (χ0) is 13.0. The summed E-state index contributed by atoms with van der Waals surface area (Å²) in [4.78, 5) is 23.2. The predicted octanol–water partition coefficient (Wildman–Crippen LogP) is 2.17. The minimum absolute atomic E-state index is 0.0812. The number of nitrogens with zero attached hydrogens (tertiary/aromatic N) is 3. The molecule has 2 heterocycles. The van der Waals surface area contributed by atoms with Crippen molar-refractivity contribution in [2.75, 3.05) is 0 Å². The number of carboxylic acid groups (broad SMARTS) is 1. The topological polar surface area (TPSA) is 76.0 Å². The summed E-state index contributed by atoms with van der Waals surface area (Å²) in [6.45, 7) is 1.89. The molecule has 0 radical (unpaired) electrons. The zero-order valence-corrected chi connectivity index (χ0v) is 10.5. The summed E-state index contributed by atoms with van der Waals surface area (Å²) in [7, 11) is 0. The van der Waals surface area contributed by atoms with Crippen LogP contribution in [0.15, 0.2) is 35.7 Å². The van der Waals surface area contributed by atoms with Gasteiger partial charge in [0.05, 0.1) is 0 Å². The van der Waals surface area contributed by atoms with E-state index in [1.165, 1.54) is 18.0 Å². The third kappa shape index (κ3) is 3.04. The van der Waals surface area contributed by atoms with Crippen LogP contribution in [0.1, 0.15) is 21.7 Å². The minimum atomic E-state index is -1.02. The van der Waals surface area contributed by atoms with Crippen LogP contribution in [0.2, 0.25) is 0 Å². The first kappa shape index (κ1) is 12.5. The molecule has 2 rings (SSSR count). The number of aromatic carboxylic acids is 1. The molecule has 1 N–H and O–H groups in total. The molecule has 18 heavy (non-hydrogen) atoms. The Morgan fingerprint density at radius 3 is 2.89 bits per heavy atom. The monoisotopic (exact) mass is 261 g/mol. The van der Waals surface area contributed by atoms with Gasteiger partial charge in [0.2, 0.25) is 0 Å². The highest BCUT2D eigenvalue weighted by Crippen LogP contribution is 2.20. The van der Waals surface area contributed by atoms with Crippen LogP contribution in [0.3, 0.4) is 0 Å². The van der Waals surface area contributed by atoms with Crippen molar-refractivity contribution in [3.8, 4) is 0 Å². The van der Waals surface area contributed by atoms with E-state index in [-0.39, 0.29) is 5.69 Å². The average Bonchev–Trinajstić information content (AvgIpc) is 2.37. The lowest BCUT2D eigenvalue weighted by Crippen LogP contribution is -2.04. The zero-order valence-electron chi connectivity index (χ0n) is 9.70.